The number of imidazole rings is 1. The van der Waals surface area contributed by atoms with E-state index in [1.165, 1.54) is 0 Å². The molecule has 2 rings (SSSR count). The number of carbonyl (C=O) groups excluding carboxylic acids is 1. The Morgan fingerprint density at radius 1 is 1.40 bits per heavy atom. The molecule has 25 heavy (non-hydrogen) atoms. The molecule has 5 heteroatoms. The molecule has 2 heterocycles. The zero-order valence-corrected chi connectivity index (χ0v) is 16.6. The number of rotatable bonds is 5. The first-order valence-electron chi connectivity index (χ1n) is 9.28. The maximum absolute atomic E-state index is 12.2. The van der Waals surface area contributed by atoms with E-state index in [1.807, 2.05) is 27.0 Å². The average Bonchev–Trinajstić information content (AvgIpc) is 2.96. The maximum atomic E-state index is 12.2. The molecule has 1 aliphatic heterocycles. The van der Waals surface area contributed by atoms with Crippen molar-refractivity contribution in [3.05, 3.63) is 23.8 Å². The van der Waals surface area contributed by atoms with Crippen molar-refractivity contribution < 1.29 is 9.53 Å². The van der Waals surface area contributed by atoms with E-state index in [4.69, 9.17) is 9.72 Å². The van der Waals surface area contributed by atoms with Gasteiger partial charge in [-0.05, 0) is 38.7 Å². The molecular weight excluding hydrogens is 314 g/mol. The molecule has 1 aromatic heterocycles. The Labute approximate surface area is 152 Å². The lowest BCUT2D eigenvalue weighted by molar-refractivity contribution is -0.126. The smallest absolute Gasteiger partial charge is 0.246 e. The van der Waals surface area contributed by atoms with E-state index in [-0.39, 0.29) is 17.4 Å². The van der Waals surface area contributed by atoms with Crippen LogP contribution in [0.25, 0.3) is 6.08 Å². The van der Waals surface area contributed by atoms with E-state index in [9.17, 15) is 4.79 Å². The van der Waals surface area contributed by atoms with Gasteiger partial charge >= 0.3 is 0 Å². The Bertz CT molecular complexity index is 605. The minimum Gasteiger partial charge on any atom is -0.381 e. The topological polar surface area (TPSA) is 47.4 Å². The Balaban J connectivity index is 2.18. The van der Waals surface area contributed by atoms with Gasteiger partial charge in [0.05, 0.1) is 5.69 Å². The van der Waals surface area contributed by atoms with E-state index in [2.05, 4.69) is 31.5 Å². The standard InChI is InChI=1S/C20H33N3O2/c1-15(2)22(6)18(24)8-7-17-14-23(19(21-17)20(3,4)5)13-16-9-11-25-12-10-16/h7-8,14-16H,9-13H2,1-6H3. The van der Waals surface area contributed by atoms with E-state index < -0.39 is 0 Å². The van der Waals surface area contributed by atoms with Crippen LogP contribution in [-0.2, 0) is 21.5 Å². The molecule has 1 saturated heterocycles. The Morgan fingerprint density at radius 3 is 2.60 bits per heavy atom. The van der Waals surface area contributed by atoms with Crippen molar-refractivity contribution in [2.45, 2.75) is 65.5 Å². The third kappa shape index (κ3) is 5.43. The van der Waals surface area contributed by atoms with Gasteiger partial charge < -0.3 is 14.2 Å². The molecular formula is C20H33N3O2. The third-order valence-electron chi connectivity index (χ3n) is 4.78. The minimum atomic E-state index is -0.0318. The summed E-state index contributed by atoms with van der Waals surface area (Å²) in [6, 6.07) is 0.188. The van der Waals surface area contributed by atoms with Gasteiger partial charge in [-0.1, -0.05) is 20.8 Å². The quantitative estimate of drug-likeness (QED) is 0.766. The van der Waals surface area contributed by atoms with Gasteiger partial charge in [0.1, 0.15) is 5.82 Å². The predicted octanol–water partition coefficient (Wildman–Crippen LogP) is 3.49. The predicted molar refractivity (Wildman–Crippen MR) is 101 cm³/mol. The molecule has 1 aliphatic rings. The lowest BCUT2D eigenvalue weighted by Gasteiger charge is -2.25. The molecule has 0 aliphatic carbocycles. The van der Waals surface area contributed by atoms with Crippen LogP contribution in [0.2, 0.25) is 0 Å². The molecule has 0 N–H and O–H groups in total. The van der Waals surface area contributed by atoms with Crippen LogP contribution >= 0.6 is 0 Å². The summed E-state index contributed by atoms with van der Waals surface area (Å²) in [5.74, 6) is 1.71. The largest absolute Gasteiger partial charge is 0.381 e. The molecule has 0 atom stereocenters. The van der Waals surface area contributed by atoms with Crippen molar-refractivity contribution in [3.63, 3.8) is 0 Å². The van der Waals surface area contributed by atoms with Gasteiger partial charge in [-0.15, -0.1) is 0 Å². The van der Waals surface area contributed by atoms with Crippen LogP contribution in [0.3, 0.4) is 0 Å². The second-order valence-corrected chi connectivity index (χ2v) is 8.32. The zero-order valence-electron chi connectivity index (χ0n) is 16.6. The summed E-state index contributed by atoms with van der Waals surface area (Å²) in [7, 11) is 1.82. The van der Waals surface area contributed by atoms with Crippen molar-refractivity contribution in [3.8, 4) is 0 Å². The van der Waals surface area contributed by atoms with Gasteiger partial charge in [0.2, 0.25) is 5.91 Å². The summed E-state index contributed by atoms with van der Waals surface area (Å²) in [6.07, 6.45) is 7.73. The number of hydrogen-bond acceptors (Lipinski definition) is 3. The van der Waals surface area contributed by atoms with Crippen LogP contribution in [0.15, 0.2) is 12.3 Å². The fourth-order valence-corrected chi connectivity index (χ4v) is 2.99. The highest BCUT2D eigenvalue weighted by atomic mass is 16.5. The summed E-state index contributed by atoms with van der Waals surface area (Å²) < 4.78 is 7.74. The number of hydrogen-bond donors (Lipinski definition) is 0. The van der Waals surface area contributed by atoms with E-state index in [0.29, 0.717) is 5.92 Å². The summed E-state index contributed by atoms with van der Waals surface area (Å²) in [5, 5.41) is 0. The minimum absolute atomic E-state index is 0.00582. The van der Waals surface area contributed by atoms with Gasteiger partial charge in [0.15, 0.2) is 0 Å². The number of carbonyl (C=O) groups is 1. The maximum Gasteiger partial charge on any atom is 0.246 e. The van der Waals surface area contributed by atoms with Crippen molar-refractivity contribution in [1.29, 1.82) is 0 Å². The van der Waals surface area contributed by atoms with E-state index in [1.54, 1.807) is 11.0 Å². The Kier molecular flexibility index (Phi) is 6.44. The fourth-order valence-electron chi connectivity index (χ4n) is 2.99. The average molecular weight is 348 g/mol. The van der Waals surface area contributed by atoms with Crippen molar-refractivity contribution >= 4 is 12.0 Å². The lowest BCUT2D eigenvalue weighted by atomic mass is 9.94. The fraction of sp³-hybridized carbons (Fsp3) is 0.700. The normalized spacial score (nSPS) is 16.8. The molecule has 1 aromatic rings. The molecule has 0 saturated carbocycles. The Hall–Kier alpha value is -1.62. The second kappa shape index (κ2) is 8.17. The number of ether oxygens (including phenoxy) is 1. The molecule has 140 valence electrons. The molecule has 0 spiro atoms. The van der Waals surface area contributed by atoms with Crippen molar-refractivity contribution in [1.82, 2.24) is 14.5 Å². The van der Waals surface area contributed by atoms with Crippen molar-refractivity contribution in [2.75, 3.05) is 20.3 Å². The van der Waals surface area contributed by atoms with Gasteiger partial charge in [0.25, 0.3) is 0 Å². The van der Waals surface area contributed by atoms with Crippen LogP contribution in [0.4, 0.5) is 0 Å². The van der Waals surface area contributed by atoms with Crippen molar-refractivity contribution in [2.24, 2.45) is 5.92 Å². The van der Waals surface area contributed by atoms with Gasteiger partial charge in [0, 0.05) is 50.5 Å². The number of aromatic nitrogens is 2. The molecule has 0 radical (unpaired) electrons. The number of nitrogens with zero attached hydrogens (tertiary/aromatic N) is 3. The summed E-state index contributed by atoms with van der Waals surface area (Å²) in [6.45, 7) is 13.2. The number of likely N-dealkylation sites (N-methyl/N-ethyl adjacent to an activating group) is 1. The first kappa shape index (κ1) is 19.7. The SMILES string of the molecule is CC(C)N(C)C(=O)C=Cc1cn(CC2CCOCC2)c(C(C)(C)C)n1. The third-order valence-corrected chi connectivity index (χ3v) is 4.78. The molecule has 5 nitrogen and oxygen atoms in total. The summed E-state index contributed by atoms with van der Waals surface area (Å²) in [4.78, 5) is 18.7. The molecule has 0 aromatic carbocycles. The van der Waals surface area contributed by atoms with Crippen LogP contribution in [0, 0.1) is 5.92 Å². The van der Waals surface area contributed by atoms with Crippen LogP contribution in [0.1, 0.15) is 59.0 Å². The molecule has 0 unspecified atom stereocenters. The van der Waals surface area contributed by atoms with Gasteiger partial charge in [-0.2, -0.15) is 0 Å². The highest BCUT2D eigenvalue weighted by Gasteiger charge is 2.24. The van der Waals surface area contributed by atoms with Crippen LogP contribution in [-0.4, -0.2) is 46.7 Å². The van der Waals surface area contributed by atoms with E-state index in [0.717, 1.165) is 44.1 Å². The molecule has 1 fully saturated rings. The summed E-state index contributed by atoms with van der Waals surface area (Å²) >= 11 is 0. The Morgan fingerprint density at radius 2 is 2.04 bits per heavy atom. The lowest BCUT2D eigenvalue weighted by Crippen LogP contribution is -2.31. The molecule has 1 amide bonds. The second-order valence-electron chi connectivity index (χ2n) is 8.32. The monoisotopic (exact) mass is 347 g/mol. The first-order valence-corrected chi connectivity index (χ1v) is 9.28. The first-order chi connectivity index (χ1) is 11.7. The van der Waals surface area contributed by atoms with Gasteiger partial charge in [-0.25, -0.2) is 4.98 Å². The highest BCUT2D eigenvalue weighted by molar-refractivity contribution is 5.91. The molecule has 0 bridgehead atoms. The number of amides is 1. The zero-order chi connectivity index (χ0) is 18.6. The van der Waals surface area contributed by atoms with E-state index >= 15 is 0 Å². The highest BCUT2D eigenvalue weighted by Crippen LogP contribution is 2.25. The van der Waals surface area contributed by atoms with Gasteiger partial charge in [-0.3, -0.25) is 4.79 Å². The van der Waals surface area contributed by atoms with Crippen LogP contribution in [0.5, 0.6) is 0 Å². The van der Waals surface area contributed by atoms with Crippen LogP contribution < -0.4 is 0 Å². The summed E-state index contributed by atoms with van der Waals surface area (Å²) in [5.41, 5.74) is 0.818.